The molecule has 0 spiro atoms. The van der Waals surface area contributed by atoms with E-state index in [9.17, 15) is 0 Å². The number of nitrogens with one attached hydrogen (secondary N) is 1. The lowest BCUT2D eigenvalue weighted by molar-refractivity contribution is -0.722. The van der Waals surface area contributed by atoms with Gasteiger partial charge in [0.05, 0.1) is 18.2 Å². The molecule has 9 heteroatoms. The number of benzene rings is 1. The molecule has 0 atom stereocenters. The highest BCUT2D eigenvalue weighted by atomic mass is 127. The molecule has 2 aromatic heterocycles. The van der Waals surface area contributed by atoms with Gasteiger partial charge in [0.1, 0.15) is 0 Å². The van der Waals surface area contributed by atoms with Crippen LogP contribution in [0.2, 0.25) is 30.7 Å². The fourth-order valence-electron chi connectivity index (χ4n) is 3.55. The van der Waals surface area contributed by atoms with Crippen molar-refractivity contribution in [1.29, 1.82) is 0 Å². The number of fused-ring (bicyclic) bond motifs is 1. The van der Waals surface area contributed by atoms with Gasteiger partial charge in [0, 0.05) is 67.7 Å². The molecule has 0 amide bonds. The van der Waals surface area contributed by atoms with Crippen LogP contribution in [0.1, 0.15) is 0 Å². The molecule has 0 radical (unpaired) electrons. The van der Waals surface area contributed by atoms with Crippen LogP contribution in [0.5, 0.6) is 0 Å². The number of hydrogen-bond acceptors (Lipinski definition) is 4. The van der Waals surface area contributed by atoms with E-state index >= 15 is 0 Å². The van der Waals surface area contributed by atoms with Gasteiger partial charge >= 0.3 is 5.65 Å². The lowest BCUT2D eigenvalue weighted by Crippen LogP contribution is -2.38. The largest absolute Gasteiger partial charge is 0.378 e. The van der Waals surface area contributed by atoms with E-state index in [0.717, 1.165) is 65.2 Å². The first-order valence-corrected chi connectivity index (χ1v) is 15.8. The number of morpholine rings is 1. The third-order valence-electron chi connectivity index (χ3n) is 5.42. The van der Waals surface area contributed by atoms with Gasteiger partial charge < -0.3 is 14.4 Å². The van der Waals surface area contributed by atoms with Gasteiger partial charge in [-0.15, -0.1) is 0 Å². The van der Waals surface area contributed by atoms with Gasteiger partial charge in [0.25, 0.3) is 3.83 Å². The molecule has 166 valence electrons. The monoisotopic (exact) mass is 571 g/mol. The summed E-state index contributed by atoms with van der Waals surface area (Å²) in [6.07, 6.45) is 0. The highest BCUT2D eigenvalue weighted by molar-refractivity contribution is 14.1. The Morgan fingerprint density at radius 1 is 1.23 bits per heavy atom. The van der Waals surface area contributed by atoms with Crippen molar-refractivity contribution in [2.75, 3.05) is 37.8 Å². The van der Waals surface area contributed by atoms with Gasteiger partial charge in [-0.25, -0.2) is 0 Å². The minimum atomic E-state index is -1.11. The zero-order valence-electron chi connectivity index (χ0n) is 18.3. The average Bonchev–Trinajstić information content (AvgIpc) is 3.04. The minimum Gasteiger partial charge on any atom is -0.378 e. The van der Waals surface area contributed by atoms with Crippen molar-refractivity contribution in [3.63, 3.8) is 0 Å². The summed E-state index contributed by atoms with van der Waals surface area (Å²) in [5.41, 5.74) is 4.76. The molecule has 6 nitrogen and oxygen atoms in total. The maximum Gasteiger partial charge on any atom is 0.305 e. The van der Waals surface area contributed by atoms with Gasteiger partial charge in [-0.1, -0.05) is 36.2 Å². The fourth-order valence-corrected chi connectivity index (χ4v) is 5.23. The summed E-state index contributed by atoms with van der Waals surface area (Å²) in [6, 6.07) is 11.6. The predicted molar refractivity (Wildman–Crippen MR) is 137 cm³/mol. The van der Waals surface area contributed by atoms with Gasteiger partial charge in [-0.05, 0) is 30.3 Å². The van der Waals surface area contributed by atoms with Crippen molar-refractivity contribution >= 4 is 59.1 Å². The summed E-state index contributed by atoms with van der Waals surface area (Å²) in [5.74, 6) is 0. The van der Waals surface area contributed by atoms with E-state index in [1.54, 1.807) is 0 Å². The second-order valence-corrected chi connectivity index (χ2v) is 16.1. The molecule has 1 N–H and O–H groups in total. The lowest BCUT2D eigenvalue weighted by atomic mass is 10.1. The van der Waals surface area contributed by atoms with Crippen LogP contribution in [0.4, 0.5) is 5.69 Å². The molecular formula is C22H29ClIN4O2Si+. The zero-order valence-corrected chi connectivity index (χ0v) is 22.2. The summed E-state index contributed by atoms with van der Waals surface area (Å²) in [4.78, 5) is 10.6. The fraction of sp³-hybridized carbons (Fsp3) is 0.455. The predicted octanol–water partition coefficient (Wildman–Crippen LogP) is 4.92. The zero-order chi connectivity index (χ0) is 22.0. The number of hydrogen-bond donors (Lipinski definition) is 1. The first-order chi connectivity index (χ1) is 14.8. The van der Waals surface area contributed by atoms with Crippen LogP contribution in [0, 0.1) is 3.83 Å². The molecule has 1 saturated heterocycles. The lowest BCUT2D eigenvalue weighted by Gasteiger charge is -2.28. The van der Waals surface area contributed by atoms with Crippen molar-refractivity contribution < 1.29 is 14.0 Å². The second-order valence-electron chi connectivity index (χ2n) is 9.03. The normalized spacial score (nSPS) is 15.1. The topological polar surface area (TPSA) is 54.3 Å². The summed E-state index contributed by atoms with van der Waals surface area (Å²) >= 11 is 8.90. The standard InChI is InChI=1S/C22H28ClIN4O2Si/c1-31(2,3)13-12-30-15-28-21-19(25-22(28)24)14-18(23)20(26-21)16-4-6-17(7-5-16)27-8-10-29-11-9-27/h4-7,14H,8-13,15H2,1-3H3/p+1. The number of rotatable bonds is 7. The first-order valence-electron chi connectivity index (χ1n) is 10.6. The Kier molecular flexibility index (Phi) is 7.22. The van der Waals surface area contributed by atoms with E-state index in [1.165, 1.54) is 5.69 Å². The third-order valence-corrected chi connectivity index (χ3v) is 8.26. The van der Waals surface area contributed by atoms with Crippen molar-refractivity contribution in [3.05, 3.63) is 39.2 Å². The molecule has 3 heterocycles. The van der Waals surface area contributed by atoms with Crippen LogP contribution in [0.15, 0.2) is 30.3 Å². The van der Waals surface area contributed by atoms with Gasteiger partial charge in [-0.3, -0.25) is 4.98 Å². The van der Waals surface area contributed by atoms with E-state index in [4.69, 9.17) is 26.1 Å². The number of anilines is 1. The number of ether oxygens (including phenoxy) is 2. The molecule has 0 bridgehead atoms. The van der Waals surface area contributed by atoms with Crippen LogP contribution in [-0.4, -0.2) is 51.0 Å². The number of aromatic nitrogens is 3. The maximum atomic E-state index is 6.62. The van der Waals surface area contributed by atoms with E-state index in [2.05, 4.69) is 80.9 Å². The molecule has 1 aliphatic rings. The molecule has 0 aliphatic carbocycles. The Bertz CT molecular complexity index is 1050. The molecule has 1 fully saturated rings. The second kappa shape index (κ2) is 9.74. The Morgan fingerprint density at radius 3 is 2.61 bits per heavy atom. The Morgan fingerprint density at radius 2 is 1.94 bits per heavy atom. The van der Waals surface area contributed by atoms with E-state index < -0.39 is 8.07 Å². The van der Waals surface area contributed by atoms with Crippen LogP contribution >= 0.6 is 34.2 Å². The molecule has 0 unspecified atom stereocenters. The first kappa shape index (κ1) is 23.0. The van der Waals surface area contributed by atoms with Crippen molar-refractivity contribution in [2.24, 2.45) is 0 Å². The number of nitrogens with zero attached hydrogens (tertiary/aromatic N) is 3. The van der Waals surface area contributed by atoms with Gasteiger partial charge in [0.2, 0.25) is 0 Å². The van der Waals surface area contributed by atoms with Crippen LogP contribution < -0.4 is 9.47 Å². The Labute approximate surface area is 203 Å². The number of H-pyrrole nitrogens is 1. The highest BCUT2D eigenvalue weighted by Crippen LogP contribution is 2.30. The summed E-state index contributed by atoms with van der Waals surface area (Å²) in [7, 11) is -1.11. The van der Waals surface area contributed by atoms with Crippen molar-refractivity contribution in [1.82, 2.24) is 9.97 Å². The average molecular weight is 572 g/mol. The molecule has 1 aliphatic heterocycles. The van der Waals surface area contributed by atoms with E-state index in [1.807, 2.05) is 6.07 Å². The Hall–Kier alpha value is -1.20. The van der Waals surface area contributed by atoms with Gasteiger partial charge in [-0.2, -0.15) is 4.57 Å². The number of aromatic amines is 1. The molecule has 4 rings (SSSR count). The number of imidazole rings is 1. The van der Waals surface area contributed by atoms with E-state index in [0.29, 0.717) is 11.8 Å². The summed E-state index contributed by atoms with van der Waals surface area (Å²) in [6.45, 7) is 11.7. The molecule has 31 heavy (non-hydrogen) atoms. The molecule has 0 saturated carbocycles. The summed E-state index contributed by atoms with van der Waals surface area (Å²) in [5, 5.41) is 0.635. The third kappa shape index (κ3) is 5.59. The summed E-state index contributed by atoms with van der Waals surface area (Å²) < 4.78 is 14.5. The maximum absolute atomic E-state index is 6.62. The smallest absolute Gasteiger partial charge is 0.305 e. The Balaban J connectivity index is 1.57. The van der Waals surface area contributed by atoms with Crippen molar-refractivity contribution in [3.8, 4) is 11.3 Å². The highest BCUT2D eigenvalue weighted by Gasteiger charge is 2.22. The minimum absolute atomic E-state index is 0.479. The van der Waals surface area contributed by atoms with Gasteiger partial charge in [0.15, 0.2) is 17.9 Å². The SMILES string of the molecule is C[Si](C)(C)CCOC[n+]1c(I)[nH]c2cc(Cl)c(-c3ccc(N4CCOCC4)cc3)nc21. The number of halogens is 2. The van der Waals surface area contributed by atoms with Crippen LogP contribution in [-0.2, 0) is 16.2 Å². The van der Waals surface area contributed by atoms with E-state index in [-0.39, 0.29) is 0 Å². The molecule has 1 aromatic carbocycles. The quantitative estimate of drug-likeness (QED) is 0.189. The van der Waals surface area contributed by atoms with Crippen molar-refractivity contribution in [2.45, 2.75) is 32.4 Å². The van der Waals surface area contributed by atoms with Crippen LogP contribution in [0.25, 0.3) is 22.4 Å². The number of pyridine rings is 1. The molecule has 3 aromatic rings. The molecular weight excluding hydrogens is 543 g/mol. The van der Waals surface area contributed by atoms with Crippen LogP contribution in [0.3, 0.4) is 0 Å².